The molecule has 0 aliphatic carbocycles. The first-order valence-electron chi connectivity index (χ1n) is 7.02. The minimum atomic E-state index is -0.0367. The van der Waals surface area contributed by atoms with Crippen LogP contribution in [0.1, 0.15) is 31.9 Å². The topological polar surface area (TPSA) is 45.5 Å². The van der Waals surface area contributed by atoms with Gasteiger partial charge in [-0.25, -0.2) is 0 Å². The molecule has 1 amide bonds. The van der Waals surface area contributed by atoms with Crippen LogP contribution in [0.15, 0.2) is 28.9 Å². The number of nitrogens with one attached hydrogen (secondary N) is 1. The molecule has 0 atom stereocenters. The van der Waals surface area contributed by atoms with Gasteiger partial charge in [-0.1, -0.05) is 6.92 Å². The van der Waals surface area contributed by atoms with Crippen molar-refractivity contribution in [2.24, 2.45) is 0 Å². The van der Waals surface area contributed by atoms with Gasteiger partial charge in [-0.3, -0.25) is 4.79 Å². The summed E-state index contributed by atoms with van der Waals surface area (Å²) in [6, 6.07) is 3.94. The molecule has 0 saturated carbocycles. The Morgan fingerprint density at radius 2 is 2.32 bits per heavy atom. The van der Waals surface area contributed by atoms with Crippen LogP contribution in [0, 0.1) is 0 Å². The Balaban J connectivity index is 1.72. The van der Waals surface area contributed by atoms with E-state index >= 15 is 0 Å². The Morgan fingerprint density at radius 3 is 2.95 bits per heavy atom. The van der Waals surface area contributed by atoms with Crippen molar-refractivity contribution in [2.75, 3.05) is 19.6 Å². The molecule has 4 heteroatoms. The molecule has 0 spiro atoms. The Morgan fingerprint density at radius 1 is 1.53 bits per heavy atom. The van der Waals surface area contributed by atoms with Crippen LogP contribution in [-0.4, -0.2) is 36.5 Å². The fourth-order valence-corrected chi connectivity index (χ4v) is 2.41. The number of rotatable bonds is 5. The minimum absolute atomic E-state index is 0.0367. The van der Waals surface area contributed by atoms with E-state index in [9.17, 15) is 4.79 Å². The standard InChI is InChI=1S/C15H22N2O2/c1-2-9-17-10-7-13(8-11-17)16-15(18)6-5-14-4-3-12-19-14/h3-6,12-13H,2,7-11H2,1H3,(H,16,18)/b6-5+. The molecule has 0 unspecified atom stereocenters. The lowest BCUT2D eigenvalue weighted by molar-refractivity contribution is -0.117. The molecule has 1 fully saturated rings. The van der Waals surface area contributed by atoms with E-state index in [0.717, 1.165) is 25.9 Å². The van der Waals surface area contributed by atoms with Crippen molar-refractivity contribution in [2.45, 2.75) is 32.2 Å². The first-order chi connectivity index (χ1) is 9.28. The first kappa shape index (κ1) is 13.9. The highest BCUT2D eigenvalue weighted by Crippen LogP contribution is 2.10. The van der Waals surface area contributed by atoms with Crippen LogP contribution in [0.3, 0.4) is 0 Å². The molecule has 1 N–H and O–H groups in total. The number of likely N-dealkylation sites (tertiary alicyclic amines) is 1. The zero-order valence-corrected chi connectivity index (χ0v) is 11.5. The van der Waals surface area contributed by atoms with Gasteiger partial charge < -0.3 is 14.6 Å². The molecular formula is C15H22N2O2. The van der Waals surface area contributed by atoms with Crippen molar-refractivity contribution in [1.29, 1.82) is 0 Å². The maximum absolute atomic E-state index is 11.8. The van der Waals surface area contributed by atoms with Crippen LogP contribution in [-0.2, 0) is 4.79 Å². The minimum Gasteiger partial charge on any atom is -0.465 e. The van der Waals surface area contributed by atoms with E-state index in [-0.39, 0.29) is 5.91 Å². The van der Waals surface area contributed by atoms with Crippen LogP contribution in [0.4, 0.5) is 0 Å². The van der Waals surface area contributed by atoms with Crippen molar-refractivity contribution in [1.82, 2.24) is 10.2 Å². The predicted molar refractivity (Wildman–Crippen MR) is 75.6 cm³/mol. The van der Waals surface area contributed by atoms with Gasteiger partial charge >= 0.3 is 0 Å². The van der Waals surface area contributed by atoms with Crippen LogP contribution in [0.2, 0.25) is 0 Å². The summed E-state index contributed by atoms with van der Waals surface area (Å²) in [5.74, 6) is 0.665. The van der Waals surface area contributed by atoms with Crippen LogP contribution in [0.25, 0.3) is 6.08 Å². The molecule has 19 heavy (non-hydrogen) atoms. The molecule has 4 nitrogen and oxygen atoms in total. The summed E-state index contributed by atoms with van der Waals surface area (Å²) < 4.78 is 5.14. The highest BCUT2D eigenvalue weighted by molar-refractivity contribution is 5.91. The van der Waals surface area contributed by atoms with Gasteiger partial charge in [-0.2, -0.15) is 0 Å². The van der Waals surface area contributed by atoms with E-state index in [1.54, 1.807) is 18.4 Å². The molecule has 1 aromatic rings. The highest BCUT2D eigenvalue weighted by Gasteiger charge is 2.19. The monoisotopic (exact) mass is 262 g/mol. The second-order valence-corrected chi connectivity index (χ2v) is 4.97. The number of piperidine rings is 1. The lowest BCUT2D eigenvalue weighted by Crippen LogP contribution is -2.44. The van der Waals surface area contributed by atoms with Crippen molar-refractivity contribution in [3.63, 3.8) is 0 Å². The third-order valence-electron chi connectivity index (χ3n) is 3.42. The number of carbonyl (C=O) groups is 1. The lowest BCUT2D eigenvalue weighted by atomic mass is 10.0. The largest absolute Gasteiger partial charge is 0.465 e. The van der Waals surface area contributed by atoms with Crippen molar-refractivity contribution in [3.05, 3.63) is 30.2 Å². The van der Waals surface area contributed by atoms with Crippen LogP contribution >= 0.6 is 0 Å². The Kier molecular flexibility index (Phi) is 5.21. The van der Waals surface area contributed by atoms with Crippen LogP contribution < -0.4 is 5.32 Å². The number of amides is 1. The van der Waals surface area contributed by atoms with Crippen LogP contribution in [0.5, 0.6) is 0 Å². The van der Waals surface area contributed by atoms with E-state index in [1.807, 2.05) is 6.07 Å². The molecule has 0 bridgehead atoms. The Bertz CT molecular complexity index is 404. The summed E-state index contributed by atoms with van der Waals surface area (Å²) in [4.78, 5) is 14.2. The first-order valence-corrected chi connectivity index (χ1v) is 7.02. The molecular weight excluding hydrogens is 240 g/mol. The van der Waals surface area contributed by atoms with Crippen molar-refractivity contribution in [3.8, 4) is 0 Å². The zero-order valence-electron chi connectivity index (χ0n) is 11.5. The molecule has 1 saturated heterocycles. The van der Waals surface area contributed by atoms with Crippen molar-refractivity contribution >= 4 is 12.0 Å². The van der Waals surface area contributed by atoms with Gasteiger partial charge in [0.1, 0.15) is 5.76 Å². The molecule has 0 radical (unpaired) electrons. The van der Waals surface area contributed by atoms with Gasteiger partial charge in [0.15, 0.2) is 0 Å². The van der Waals surface area contributed by atoms with E-state index < -0.39 is 0 Å². The fourth-order valence-electron chi connectivity index (χ4n) is 2.41. The molecule has 2 rings (SSSR count). The highest BCUT2D eigenvalue weighted by atomic mass is 16.3. The maximum atomic E-state index is 11.8. The lowest BCUT2D eigenvalue weighted by Gasteiger charge is -2.31. The van der Waals surface area contributed by atoms with Crippen molar-refractivity contribution < 1.29 is 9.21 Å². The molecule has 2 heterocycles. The van der Waals surface area contributed by atoms with Gasteiger partial charge in [0, 0.05) is 25.2 Å². The number of hydrogen-bond acceptors (Lipinski definition) is 3. The number of carbonyl (C=O) groups excluding carboxylic acids is 1. The normalized spacial score (nSPS) is 17.9. The van der Waals surface area contributed by atoms with Gasteiger partial charge in [-0.15, -0.1) is 0 Å². The van der Waals surface area contributed by atoms with E-state index in [0.29, 0.717) is 11.8 Å². The smallest absolute Gasteiger partial charge is 0.244 e. The number of nitrogens with zero attached hydrogens (tertiary/aromatic N) is 1. The second-order valence-electron chi connectivity index (χ2n) is 4.97. The number of hydrogen-bond donors (Lipinski definition) is 1. The third-order valence-corrected chi connectivity index (χ3v) is 3.42. The molecule has 104 valence electrons. The molecule has 1 aromatic heterocycles. The SMILES string of the molecule is CCCN1CCC(NC(=O)/C=C/c2ccco2)CC1. The zero-order chi connectivity index (χ0) is 13.5. The molecule has 1 aliphatic rings. The van der Waals surface area contributed by atoms with E-state index in [2.05, 4.69) is 17.1 Å². The summed E-state index contributed by atoms with van der Waals surface area (Å²) in [6.07, 6.45) is 8.11. The molecule has 0 aromatic carbocycles. The van der Waals surface area contributed by atoms with E-state index in [1.165, 1.54) is 19.0 Å². The fraction of sp³-hybridized carbons (Fsp3) is 0.533. The Labute approximate surface area is 114 Å². The predicted octanol–water partition coefficient (Wildman–Crippen LogP) is 2.28. The van der Waals surface area contributed by atoms with Gasteiger partial charge in [0.2, 0.25) is 5.91 Å². The average molecular weight is 262 g/mol. The second kappa shape index (κ2) is 7.14. The summed E-state index contributed by atoms with van der Waals surface area (Å²) in [7, 11) is 0. The third kappa shape index (κ3) is 4.56. The van der Waals surface area contributed by atoms with Gasteiger partial charge in [-0.05, 0) is 44.0 Å². The summed E-state index contributed by atoms with van der Waals surface area (Å²) in [5, 5.41) is 3.05. The summed E-state index contributed by atoms with van der Waals surface area (Å²) in [6.45, 7) is 5.54. The summed E-state index contributed by atoms with van der Waals surface area (Å²) in [5.41, 5.74) is 0. The number of furan rings is 1. The quantitative estimate of drug-likeness (QED) is 0.828. The van der Waals surface area contributed by atoms with E-state index in [4.69, 9.17) is 4.42 Å². The maximum Gasteiger partial charge on any atom is 0.244 e. The summed E-state index contributed by atoms with van der Waals surface area (Å²) >= 11 is 0. The van der Waals surface area contributed by atoms with Gasteiger partial charge in [0.25, 0.3) is 0 Å². The molecule has 1 aliphatic heterocycles. The van der Waals surface area contributed by atoms with Gasteiger partial charge in [0.05, 0.1) is 6.26 Å². The Hall–Kier alpha value is -1.55. The average Bonchev–Trinajstić information content (AvgIpc) is 2.92.